The molecule has 1 aliphatic carbocycles. The Hall–Kier alpha value is -2.29. The van der Waals surface area contributed by atoms with Gasteiger partial charge in [-0.05, 0) is 42.7 Å². The van der Waals surface area contributed by atoms with Gasteiger partial charge in [0.1, 0.15) is 11.5 Å². The average Bonchev–Trinajstić information content (AvgIpc) is 3.32. The highest BCUT2D eigenvalue weighted by atomic mass is 16.5. The third kappa shape index (κ3) is 3.38. The highest BCUT2D eigenvalue weighted by Gasteiger charge is 2.29. The van der Waals surface area contributed by atoms with Crippen LogP contribution in [0.4, 0.5) is 0 Å². The molecule has 0 aliphatic heterocycles. The SMILES string of the molecule is O=C(NCc1ccc(Oc2ccccc2)cc1)C1CC1. The molecule has 1 fully saturated rings. The summed E-state index contributed by atoms with van der Waals surface area (Å²) >= 11 is 0. The van der Waals surface area contributed by atoms with E-state index in [0.29, 0.717) is 6.54 Å². The lowest BCUT2D eigenvalue weighted by Crippen LogP contribution is -2.24. The minimum Gasteiger partial charge on any atom is -0.457 e. The Morgan fingerprint density at radius 2 is 1.65 bits per heavy atom. The summed E-state index contributed by atoms with van der Waals surface area (Å²) in [4.78, 5) is 11.6. The zero-order chi connectivity index (χ0) is 13.8. The molecule has 0 spiro atoms. The zero-order valence-electron chi connectivity index (χ0n) is 11.2. The minimum atomic E-state index is 0.176. The molecule has 0 heterocycles. The van der Waals surface area contributed by atoms with Crippen LogP contribution in [0.1, 0.15) is 18.4 Å². The molecule has 3 rings (SSSR count). The Morgan fingerprint density at radius 3 is 2.30 bits per heavy atom. The summed E-state index contributed by atoms with van der Waals surface area (Å²) in [7, 11) is 0. The number of amides is 1. The summed E-state index contributed by atoms with van der Waals surface area (Å²) in [6.07, 6.45) is 2.07. The van der Waals surface area contributed by atoms with Crippen LogP contribution in [-0.4, -0.2) is 5.91 Å². The van der Waals surface area contributed by atoms with Crippen molar-refractivity contribution in [1.29, 1.82) is 0 Å². The molecule has 2 aromatic rings. The summed E-state index contributed by atoms with van der Waals surface area (Å²) in [6, 6.07) is 17.5. The van der Waals surface area contributed by atoms with Crippen LogP contribution in [-0.2, 0) is 11.3 Å². The van der Waals surface area contributed by atoms with Gasteiger partial charge < -0.3 is 10.1 Å². The largest absolute Gasteiger partial charge is 0.457 e. The van der Waals surface area contributed by atoms with Crippen LogP contribution in [0.25, 0.3) is 0 Å². The summed E-state index contributed by atoms with van der Waals surface area (Å²) in [6.45, 7) is 0.584. The lowest BCUT2D eigenvalue weighted by Gasteiger charge is -2.07. The van der Waals surface area contributed by atoms with E-state index in [-0.39, 0.29) is 11.8 Å². The van der Waals surface area contributed by atoms with Crippen LogP contribution >= 0.6 is 0 Å². The molecule has 0 radical (unpaired) electrons. The number of hydrogen-bond acceptors (Lipinski definition) is 2. The molecular formula is C17H17NO2. The molecule has 0 unspecified atom stereocenters. The van der Waals surface area contributed by atoms with Gasteiger partial charge in [0, 0.05) is 12.5 Å². The number of nitrogens with one attached hydrogen (secondary N) is 1. The third-order valence-corrected chi connectivity index (χ3v) is 3.32. The van der Waals surface area contributed by atoms with Gasteiger partial charge >= 0.3 is 0 Å². The molecule has 1 saturated carbocycles. The maximum Gasteiger partial charge on any atom is 0.223 e. The smallest absolute Gasteiger partial charge is 0.223 e. The molecule has 102 valence electrons. The molecule has 0 saturated heterocycles. The van der Waals surface area contributed by atoms with Crippen molar-refractivity contribution >= 4 is 5.91 Å². The first-order valence-electron chi connectivity index (χ1n) is 6.91. The number of rotatable bonds is 5. The Labute approximate surface area is 118 Å². The number of hydrogen-bond donors (Lipinski definition) is 1. The number of carbonyl (C=O) groups excluding carboxylic acids is 1. The van der Waals surface area contributed by atoms with E-state index in [0.717, 1.165) is 29.9 Å². The molecular weight excluding hydrogens is 250 g/mol. The predicted molar refractivity (Wildman–Crippen MR) is 77.5 cm³/mol. The van der Waals surface area contributed by atoms with E-state index in [4.69, 9.17) is 4.74 Å². The van der Waals surface area contributed by atoms with Gasteiger partial charge in [-0.3, -0.25) is 4.79 Å². The fourth-order valence-electron chi connectivity index (χ4n) is 1.98. The third-order valence-electron chi connectivity index (χ3n) is 3.32. The van der Waals surface area contributed by atoms with Crippen LogP contribution in [0.15, 0.2) is 54.6 Å². The lowest BCUT2D eigenvalue weighted by atomic mass is 10.2. The molecule has 3 heteroatoms. The second-order valence-corrected chi connectivity index (χ2v) is 5.05. The Balaban J connectivity index is 1.55. The topological polar surface area (TPSA) is 38.3 Å². The van der Waals surface area contributed by atoms with Gasteiger partial charge in [0.25, 0.3) is 0 Å². The number of para-hydroxylation sites is 1. The molecule has 20 heavy (non-hydrogen) atoms. The van der Waals surface area contributed by atoms with E-state index >= 15 is 0 Å². The van der Waals surface area contributed by atoms with E-state index in [9.17, 15) is 4.79 Å². The zero-order valence-corrected chi connectivity index (χ0v) is 11.2. The lowest BCUT2D eigenvalue weighted by molar-refractivity contribution is -0.122. The second-order valence-electron chi connectivity index (χ2n) is 5.05. The molecule has 0 aromatic heterocycles. The fourth-order valence-corrected chi connectivity index (χ4v) is 1.98. The first-order chi connectivity index (χ1) is 9.81. The number of carbonyl (C=O) groups is 1. The average molecular weight is 267 g/mol. The summed E-state index contributed by atoms with van der Waals surface area (Å²) in [5.74, 6) is 2.06. The number of benzene rings is 2. The Kier molecular flexibility index (Phi) is 3.68. The standard InChI is InChI=1S/C17H17NO2/c19-17(14-8-9-14)18-12-13-6-10-16(11-7-13)20-15-4-2-1-3-5-15/h1-7,10-11,14H,8-9,12H2,(H,18,19). The van der Waals surface area contributed by atoms with Crippen LogP contribution < -0.4 is 10.1 Å². The summed E-state index contributed by atoms with van der Waals surface area (Å²) in [5, 5.41) is 2.95. The molecule has 3 nitrogen and oxygen atoms in total. The van der Waals surface area contributed by atoms with Gasteiger partial charge in [-0.1, -0.05) is 30.3 Å². The Morgan fingerprint density at radius 1 is 1.00 bits per heavy atom. The van der Waals surface area contributed by atoms with E-state index in [1.807, 2.05) is 54.6 Å². The minimum absolute atomic E-state index is 0.176. The van der Waals surface area contributed by atoms with Crippen molar-refractivity contribution in [3.63, 3.8) is 0 Å². The second kappa shape index (κ2) is 5.78. The molecule has 2 aromatic carbocycles. The first kappa shape index (κ1) is 12.7. The van der Waals surface area contributed by atoms with Crippen molar-refractivity contribution in [3.8, 4) is 11.5 Å². The van der Waals surface area contributed by atoms with Crippen molar-refractivity contribution in [1.82, 2.24) is 5.32 Å². The highest BCUT2D eigenvalue weighted by Crippen LogP contribution is 2.28. The monoisotopic (exact) mass is 267 g/mol. The highest BCUT2D eigenvalue weighted by molar-refractivity contribution is 5.80. The van der Waals surface area contributed by atoms with Crippen molar-refractivity contribution in [2.45, 2.75) is 19.4 Å². The van der Waals surface area contributed by atoms with Crippen LogP contribution in [0, 0.1) is 5.92 Å². The molecule has 0 bridgehead atoms. The van der Waals surface area contributed by atoms with Crippen LogP contribution in [0.2, 0.25) is 0 Å². The van der Waals surface area contributed by atoms with Gasteiger partial charge in [-0.15, -0.1) is 0 Å². The van der Waals surface area contributed by atoms with Crippen molar-refractivity contribution < 1.29 is 9.53 Å². The molecule has 1 N–H and O–H groups in total. The Bertz CT molecular complexity index is 574. The predicted octanol–water partition coefficient (Wildman–Crippen LogP) is 3.51. The van der Waals surface area contributed by atoms with E-state index in [1.54, 1.807) is 0 Å². The van der Waals surface area contributed by atoms with Gasteiger partial charge in [-0.2, -0.15) is 0 Å². The van der Waals surface area contributed by atoms with Crippen molar-refractivity contribution in [3.05, 3.63) is 60.2 Å². The van der Waals surface area contributed by atoms with Crippen LogP contribution in [0.5, 0.6) is 11.5 Å². The van der Waals surface area contributed by atoms with Gasteiger partial charge in [-0.25, -0.2) is 0 Å². The van der Waals surface area contributed by atoms with Crippen molar-refractivity contribution in [2.75, 3.05) is 0 Å². The number of ether oxygens (including phenoxy) is 1. The van der Waals surface area contributed by atoms with E-state index in [2.05, 4.69) is 5.32 Å². The molecule has 1 aliphatic rings. The van der Waals surface area contributed by atoms with Gasteiger partial charge in [0.15, 0.2) is 0 Å². The first-order valence-corrected chi connectivity index (χ1v) is 6.91. The maximum atomic E-state index is 11.6. The normalized spacial score (nSPS) is 13.8. The molecule has 0 atom stereocenters. The van der Waals surface area contributed by atoms with Gasteiger partial charge in [0.2, 0.25) is 5.91 Å². The van der Waals surface area contributed by atoms with E-state index < -0.39 is 0 Å². The molecule has 1 amide bonds. The van der Waals surface area contributed by atoms with Crippen LogP contribution in [0.3, 0.4) is 0 Å². The van der Waals surface area contributed by atoms with Gasteiger partial charge in [0.05, 0.1) is 0 Å². The summed E-state index contributed by atoms with van der Waals surface area (Å²) < 4.78 is 5.72. The quantitative estimate of drug-likeness (QED) is 0.900. The van der Waals surface area contributed by atoms with Crippen molar-refractivity contribution in [2.24, 2.45) is 5.92 Å². The fraction of sp³-hybridized carbons (Fsp3) is 0.235. The van der Waals surface area contributed by atoms with E-state index in [1.165, 1.54) is 0 Å². The maximum absolute atomic E-state index is 11.6. The summed E-state index contributed by atoms with van der Waals surface area (Å²) in [5.41, 5.74) is 1.08.